The van der Waals surface area contributed by atoms with Crippen molar-refractivity contribution in [3.8, 4) is 6.07 Å². The Bertz CT molecular complexity index is 416. The van der Waals surface area contributed by atoms with Crippen molar-refractivity contribution < 1.29 is 4.74 Å². The Labute approximate surface area is 90.0 Å². The van der Waals surface area contributed by atoms with Crippen molar-refractivity contribution in [2.24, 2.45) is 0 Å². The lowest BCUT2D eigenvalue weighted by Gasteiger charge is -2.06. The molecule has 0 bridgehead atoms. The van der Waals surface area contributed by atoms with Crippen LogP contribution in [0.2, 0.25) is 0 Å². The third-order valence-electron chi connectivity index (χ3n) is 2.08. The minimum atomic E-state index is 0.464. The first-order valence-corrected chi connectivity index (χ1v) is 4.84. The molecule has 0 amide bonds. The number of aromatic nitrogens is 1. The van der Waals surface area contributed by atoms with Crippen molar-refractivity contribution in [1.29, 1.82) is 5.26 Å². The van der Waals surface area contributed by atoms with Gasteiger partial charge in [0.25, 0.3) is 0 Å². The lowest BCUT2D eigenvalue weighted by molar-refractivity contribution is 0.368. The van der Waals surface area contributed by atoms with Crippen LogP contribution < -0.4 is 0 Å². The van der Waals surface area contributed by atoms with Crippen LogP contribution in [0.3, 0.4) is 0 Å². The standard InChI is InChI=1S/C12H14N2O/c1-4-5-12(15-3)10-6-9(2)11(7-13)14-8-10/h5-6,8H,4H2,1-3H3/b12-5-. The van der Waals surface area contributed by atoms with E-state index in [9.17, 15) is 0 Å². The van der Waals surface area contributed by atoms with E-state index in [1.807, 2.05) is 32.1 Å². The summed E-state index contributed by atoms with van der Waals surface area (Å²) < 4.78 is 5.24. The first-order valence-electron chi connectivity index (χ1n) is 4.84. The van der Waals surface area contributed by atoms with Crippen LogP contribution in [0.4, 0.5) is 0 Å². The van der Waals surface area contributed by atoms with E-state index in [-0.39, 0.29) is 0 Å². The average molecular weight is 202 g/mol. The van der Waals surface area contributed by atoms with Crippen molar-refractivity contribution in [2.45, 2.75) is 20.3 Å². The second-order valence-corrected chi connectivity index (χ2v) is 3.18. The van der Waals surface area contributed by atoms with Gasteiger partial charge in [0.1, 0.15) is 17.5 Å². The fourth-order valence-electron chi connectivity index (χ4n) is 1.33. The van der Waals surface area contributed by atoms with Crippen molar-refractivity contribution in [3.63, 3.8) is 0 Å². The number of allylic oxidation sites excluding steroid dienone is 1. The summed E-state index contributed by atoms with van der Waals surface area (Å²) in [4.78, 5) is 4.07. The van der Waals surface area contributed by atoms with E-state index >= 15 is 0 Å². The number of hydrogen-bond donors (Lipinski definition) is 0. The second kappa shape index (κ2) is 5.16. The smallest absolute Gasteiger partial charge is 0.143 e. The summed E-state index contributed by atoms with van der Waals surface area (Å²) >= 11 is 0. The van der Waals surface area contributed by atoms with Gasteiger partial charge in [0.2, 0.25) is 0 Å². The molecule has 0 fully saturated rings. The van der Waals surface area contributed by atoms with Gasteiger partial charge < -0.3 is 4.74 Å². The van der Waals surface area contributed by atoms with Gasteiger partial charge in [-0.2, -0.15) is 5.26 Å². The predicted molar refractivity (Wildman–Crippen MR) is 59.0 cm³/mol. The highest BCUT2D eigenvalue weighted by Gasteiger charge is 2.04. The molecule has 78 valence electrons. The Morgan fingerprint density at radius 3 is 2.87 bits per heavy atom. The number of pyridine rings is 1. The molecule has 0 N–H and O–H groups in total. The van der Waals surface area contributed by atoms with Crippen LogP contribution in [0, 0.1) is 18.3 Å². The molecule has 1 aromatic rings. The highest BCUT2D eigenvalue weighted by molar-refractivity contribution is 5.60. The summed E-state index contributed by atoms with van der Waals surface area (Å²) in [6.45, 7) is 3.91. The first-order chi connectivity index (χ1) is 7.22. The summed E-state index contributed by atoms with van der Waals surface area (Å²) in [6, 6.07) is 3.95. The van der Waals surface area contributed by atoms with E-state index in [4.69, 9.17) is 10.00 Å². The second-order valence-electron chi connectivity index (χ2n) is 3.18. The highest BCUT2D eigenvalue weighted by Crippen LogP contribution is 2.17. The maximum atomic E-state index is 8.75. The molecule has 0 unspecified atom stereocenters. The molecule has 3 nitrogen and oxygen atoms in total. The zero-order chi connectivity index (χ0) is 11.3. The fraction of sp³-hybridized carbons (Fsp3) is 0.333. The third kappa shape index (κ3) is 2.57. The molecule has 1 aromatic heterocycles. The van der Waals surface area contributed by atoms with E-state index < -0.39 is 0 Å². The Balaban J connectivity index is 3.12. The molecular formula is C12H14N2O. The van der Waals surface area contributed by atoms with E-state index in [0.717, 1.165) is 23.3 Å². The summed E-state index contributed by atoms with van der Waals surface area (Å²) in [6.07, 6.45) is 4.56. The molecule has 0 aliphatic heterocycles. The van der Waals surface area contributed by atoms with Gasteiger partial charge in [-0.25, -0.2) is 4.98 Å². The van der Waals surface area contributed by atoms with Crippen LogP contribution in [0.15, 0.2) is 18.3 Å². The molecule has 15 heavy (non-hydrogen) atoms. The SMILES string of the molecule is CC/C=C(\OC)c1cnc(C#N)c(C)c1. The number of rotatable bonds is 3. The lowest BCUT2D eigenvalue weighted by Crippen LogP contribution is -1.94. The number of nitrogens with zero attached hydrogens (tertiary/aromatic N) is 2. The molecule has 1 rings (SSSR count). The molecule has 0 saturated heterocycles. The van der Waals surface area contributed by atoms with Gasteiger partial charge in [-0.15, -0.1) is 0 Å². The van der Waals surface area contributed by atoms with Crippen LogP contribution in [0.5, 0.6) is 0 Å². The summed E-state index contributed by atoms with van der Waals surface area (Å²) in [5.41, 5.74) is 2.25. The van der Waals surface area contributed by atoms with Crippen molar-refractivity contribution >= 4 is 5.76 Å². The molecular weight excluding hydrogens is 188 g/mol. The molecule has 3 heteroatoms. The highest BCUT2D eigenvalue weighted by atomic mass is 16.5. The van der Waals surface area contributed by atoms with Crippen LogP contribution in [0.25, 0.3) is 5.76 Å². The summed E-state index contributed by atoms with van der Waals surface area (Å²) in [5, 5.41) is 8.75. The van der Waals surface area contributed by atoms with Gasteiger partial charge in [-0.1, -0.05) is 6.92 Å². The maximum absolute atomic E-state index is 8.75. The average Bonchev–Trinajstić information content (AvgIpc) is 2.25. The van der Waals surface area contributed by atoms with Gasteiger partial charge in [0, 0.05) is 11.8 Å². The van der Waals surface area contributed by atoms with Crippen molar-refractivity contribution in [2.75, 3.05) is 7.11 Å². The Morgan fingerprint density at radius 2 is 2.40 bits per heavy atom. The van der Waals surface area contributed by atoms with E-state index in [0.29, 0.717) is 5.69 Å². The van der Waals surface area contributed by atoms with Gasteiger partial charge in [0.05, 0.1) is 7.11 Å². The number of ether oxygens (including phenoxy) is 1. The fourth-order valence-corrected chi connectivity index (χ4v) is 1.33. The maximum Gasteiger partial charge on any atom is 0.143 e. The minimum absolute atomic E-state index is 0.464. The Morgan fingerprint density at radius 1 is 1.67 bits per heavy atom. The Hall–Kier alpha value is -1.82. The molecule has 0 aromatic carbocycles. The molecule has 0 aliphatic rings. The summed E-state index contributed by atoms with van der Waals surface area (Å²) in [5.74, 6) is 0.803. The normalized spacial score (nSPS) is 10.9. The largest absolute Gasteiger partial charge is 0.496 e. The van der Waals surface area contributed by atoms with Gasteiger partial charge in [0.15, 0.2) is 0 Å². The van der Waals surface area contributed by atoms with Gasteiger partial charge >= 0.3 is 0 Å². The molecule has 0 radical (unpaired) electrons. The van der Waals surface area contributed by atoms with Crippen molar-refractivity contribution in [3.05, 3.63) is 35.2 Å². The van der Waals surface area contributed by atoms with E-state index in [1.165, 1.54) is 0 Å². The third-order valence-corrected chi connectivity index (χ3v) is 2.08. The van der Waals surface area contributed by atoms with Crippen molar-refractivity contribution in [1.82, 2.24) is 4.98 Å². The molecule has 1 heterocycles. The Kier molecular flexibility index (Phi) is 3.87. The lowest BCUT2D eigenvalue weighted by atomic mass is 10.1. The van der Waals surface area contributed by atoms with E-state index in [1.54, 1.807) is 13.3 Å². The number of methoxy groups -OCH3 is 1. The van der Waals surface area contributed by atoms with Crippen LogP contribution in [-0.2, 0) is 4.74 Å². The zero-order valence-corrected chi connectivity index (χ0v) is 9.24. The molecule has 0 spiro atoms. The van der Waals surface area contributed by atoms with Crippen LogP contribution >= 0.6 is 0 Å². The zero-order valence-electron chi connectivity index (χ0n) is 9.24. The van der Waals surface area contributed by atoms with Crippen LogP contribution in [0.1, 0.15) is 30.2 Å². The number of hydrogen-bond acceptors (Lipinski definition) is 3. The monoisotopic (exact) mass is 202 g/mol. The first kappa shape index (κ1) is 11.3. The minimum Gasteiger partial charge on any atom is -0.496 e. The summed E-state index contributed by atoms with van der Waals surface area (Å²) in [7, 11) is 1.63. The van der Waals surface area contributed by atoms with Crippen LogP contribution in [-0.4, -0.2) is 12.1 Å². The number of aryl methyl sites for hydroxylation is 1. The molecule has 0 aliphatic carbocycles. The quantitative estimate of drug-likeness (QED) is 0.708. The van der Waals surface area contributed by atoms with E-state index in [2.05, 4.69) is 4.98 Å². The topological polar surface area (TPSA) is 45.9 Å². The molecule has 0 atom stereocenters. The number of nitriles is 1. The molecule has 0 saturated carbocycles. The van der Waals surface area contributed by atoms with Gasteiger partial charge in [-0.3, -0.25) is 0 Å². The van der Waals surface area contributed by atoms with Gasteiger partial charge in [-0.05, 0) is 31.1 Å². The predicted octanol–water partition coefficient (Wildman–Crippen LogP) is 2.66.